The van der Waals surface area contributed by atoms with Gasteiger partial charge in [-0.25, -0.2) is 9.13 Å². The van der Waals surface area contributed by atoms with Crippen LogP contribution in [0.15, 0.2) is 18.7 Å². The molecule has 0 fully saturated rings. The minimum atomic E-state index is 0. The normalized spacial score (nSPS) is 8.60. The molecule has 0 saturated heterocycles. The summed E-state index contributed by atoms with van der Waals surface area (Å²) in [6.07, 6.45) is 11.7. The van der Waals surface area contributed by atoms with Gasteiger partial charge in [0.2, 0.25) is 6.33 Å². The first kappa shape index (κ1) is 17.2. The van der Waals surface area contributed by atoms with Gasteiger partial charge in [0.25, 0.3) is 0 Å². The van der Waals surface area contributed by atoms with E-state index in [9.17, 15) is 0 Å². The van der Waals surface area contributed by atoms with Crippen LogP contribution < -0.4 is 4.57 Å². The van der Waals surface area contributed by atoms with E-state index in [0.717, 1.165) is 0 Å². The van der Waals surface area contributed by atoms with Crippen LogP contribution in [0.5, 0.6) is 0 Å². The zero-order chi connectivity index (χ0) is 10.8. The van der Waals surface area contributed by atoms with Crippen LogP contribution in [-0.4, -0.2) is 20.8 Å². The summed E-state index contributed by atoms with van der Waals surface area (Å²) in [7, 11) is 2.06. The third-order valence-electron chi connectivity index (χ3n) is 2.09. The number of nitrogens with zero attached hydrogens (tertiary/aromatic N) is 2. The van der Waals surface area contributed by atoms with Crippen molar-refractivity contribution in [3.05, 3.63) is 18.7 Å². The van der Waals surface area contributed by atoms with E-state index in [4.69, 9.17) is 3.80 Å². The maximum atomic E-state index is 8.17. The second kappa shape index (κ2) is 11.9. The zero-order valence-electron chi connectivity index (χ0n) is 9.56. The molecule has 0 saturated carbocycles. The predicted molar refractivity (Wildman–Crippen MR) is 63.4 cm³/mol. The van der Waals surface area contributed by atoms with Gasteiger partial charge in [-0.3, -0.25) is 0 Å². The number of hydrogen-bond acceptors (Lipinski definition) is 1. The summed E-state index contributed by atoms with van der Waals surface area (Å²) in [6, 6.07) is 0. The van der Waals surface area contributed by atoms with Crippen molar-refractivity contribution >= 4 is 28.6 Å². The Morgan fingerprint density at radius 1 is 1.27 bits per heavy atom. The van der Waals surface area contributed by atoms with Gasteiger partial charge in [-0.15, -0.1) is 12.4 Å². The zero-order valence-corrected chi connectivity index (χ0v) is 11.5. The number of imidazole rings is 1. The van der Waals surface area contributed by atoms with Crippen LogP contribution in [-0.2, 0) is 17.4 Å². The maximum absolute atomic E-state index is 8.17. The van der Waals surface area contributed by atoms with E-state index in [1.165, 1.54) is 48.5 Å². The molecular weight excluding hydrogens is 227 g/mol. The first-order chi connectivity index (χ1) is 6.83. The summed E-state index contributed by atoms with van der Waals surface area (Å²) < 4.78 is 12.5. The van der Waals surface area contributed by atoms with Crippen molar-refractivity contribution in [3.8, 4) is 0 Å². The van der Waals surface area contributed by atoms with E-state index in [-0.39, 0.29) is 12.4 Å². The number of halogens is 1. The fraction of sp³-hybridized carbons (Fsp3) is 0.700. The molecule has 85 valence electrons. The van der Waals surface area contributed by atoms with Crippen LogP contribution in [0, 0.1) is 0 Å². The Morgan fingerprint density at radius 2 is 1.93 bits per heavy atom. The van der Waals surface area contributed by atoms with E-state index < -0.39 is 0 Å². The topological polar surface area (TPSA) is 25.9 Å². The van der Waals surface area contributed by atoms with Crippen LogP contribution in [0.3, 0.4) is 0 Å². The molecule has 1 aromatic rings. The van der Waals surface area contributed by atoms with Gasteiger partial charge in [-0.1, -0.05) is 19.8 Å². The summed E-state index contributed by atoms with van der Waals surface area (Å²) in [6.45, 7) is 3.41. The van der Waals surface area contributed by atoms with Gasteiger partial charge in [-0.2, -0.15) is 0 Å². The summed E-state index contributed by atoms with van der Waals surface area (Å²) in [5.74, 6) is 0. The average molecular weight is 247 g/mol. The molecule has 0 N–H and O–H groups in total. The Kier molecular flexibility index (Phi) is 13.7. The minimum absolute atomic E-state index is 0. The second-order valence-electron chi connectivity index (χ2n) is 3.38. The average Bonchev–Trinajstić information content (AvgIpc) is 2.62. The van der Waals surface area contributed by atoms with Crippen LogP contribution in [0.1, 0.15) is 32.6 Å². The molecule has 15 heavy (non-hydrogen) atoms. The summed E-state index contributed by atoms with van der Waals surface area (Å²) in [5.41, 5.74) is 0. The monoisotopic (exact) mass is 246 g/mol. The Morgan fingerprint density at radius 3 is 2.40 bits per heavy atom. The first-order valence-electron chi connectivity index (χ1n) is 5.07. The molecule has 0 aliphatic rings. The molecule has 1 radical (unpaired) electrons. The molecule has 0 aliphatic heterocycles. The van der Waals surface area contributed by atoms with Crippen molar-refractivity contribution in [2.75, 3.05) is 0 Å². The molecule has 0 amide bonds. The first-order valence-corrected chi connectivity index (χ1v) is 5.54. The van der Waals surface area contributed by atoms with Crippen molar-refractivity contribution in [2.24, 2.45) is 7.05 Å². The molecule has 1 heterocycles. The fourth-order valence-corrected chi connectivity index (χ4v) is 1.36. The van der Waals surface area contributed by atoms with Gasteiger partial charge < -0.3 is 0 Å². The number of aromatic nitrogens is 2. The fourth-order valence-electron chi connectivity index (χ4n) is 1.36. The Labute approximate surface area is 107 Å². The number of unbranched alkanes of at least 4 members (excludes halogenated alkanes) is 3. The van der Waals surface area contributed by atoms with E-state index in [1.807, 2.05) is 0 Å². The van der Waals surface area contributed by atoms with Crippen LogP contribution in [0.4, 0.5) is 0 Å². The van der Waals surface area contributed by atoms with Gasteiger partial charge in [0, 0.05) is 0 Å². The Hall–Kier alpha value is -0.168. The molecule has 5 heteroatoms. The molecule has 0 unspecified atom stereocenters. The molecule has 0 aromatic carbocycles. The van der Waals surface area contributed by atoms with E-state index >= 15 is 0 Å². The Bertz CT molecular complexity index is 243. The Balaban J connectivity index is 0. The molecule has 0 atom stereocenters. The van der Waals surface area contributed by atoms with Crippen LogP contribution in [0.2, 0.25) is 0 Å². The van der Waals surface area contributed by atoms with Crippen LogP contribution >= 0.6 is 12.4 Å². The SMILES string of the molecule is CCCCCCn1cc[n+](C)c1.Cl.[O]=[Al]. The van der Waals surface area contributed by atoms with Crippen molar-refractivity contribution < 1.29 is 8.37 Å². The van der Waals surface area contributed by atoms with Crippen LogP contribution in [0.25, 0.3) is 0 Å². The van der Waals surface area contributed by atoms with Gasteiger partial charge in [0.15, 0.2) is 0 Å². The van der Waals surface area contributed by atoms with E-state index in [1.54, 1.807) is 0 Å². The van der Waals surface area contributed by atoms with Gasteiger partial charge in [0.1, 0.15) is 12.4 Å². The summed E-state index contributed by atoms with van der Waals surface area (Å²) in [5, 5.41) is 0. The molecule has 0 aliphatic carbocycles. The summed E-state index contributed by atoms with van der Waals surface area (Å²) in [4.78, 5) is 0. The second-order valence-corrected chi connectivity index (χ2v) is 3.38. The summed E-state index contributed by atoms with van der Waals surface area (Å²) >= 11 is 1.17. The van der Waals surface area contributed by atoms with Gasteiger partial charge in [-0.05, 0) is 12.8 Å². The van der Waals surface area contributed by atoms with E-state index in [2.05, 4.69) is 41.8 Å². The third kappa shape index (κ3) is 8.80. The van der Waals surface area contributed by atoms with Crippen molar-refractivity contribution in [1.29, 1.82) is 0 Å². The number of hydrogen-bond donors (Lipinski definition) is 0. The quantitative estimate of drug-likeness (QED) is 0.442. The third-order valence-corrected chi connectivity index (χ3v) is 2.09. The van der Waals surface area contributed by atoms with Gasteiger partial charge in [0.05, 0.1) is 13.6 Å². The van der Waals surface area contributed by atoms with E-state index in [0.29, 0.717) is 0 Å². The number of aryl methyl sites for hydroxylation is 2. The molecule has 3 nitrogen and oxygen atoms in total. The predicted octanol–water partition coefficient (Wildman–Crippen LogP) is 1.82. The van der Waals surface area contributed by atoms with Crippen molar-refractivity contribution in [3.63, 3.8) is 0 Å². The standard InChI is InChI=1S/C10H19N2.Al.ClH.O/c1-3-4-5-6-7-12-9-8-11(2)10-12;;;/h8-10H,3-7H2,1-2H3;;1H;/q+1;;;. The molecule has 0 spiro atoms. The molecular formula is C10H20AlClN2O+. The number of rotatable bonds is 5. The molecule has 1 aromatic heterocycles. The molecule has 1 rings (SSSR count). The van der Waals surface area contributed by atoms with Crippen molar-refractivity contribution in [2.45, 2.75) is 39.2 Å². The van der Waals surface area contributed by atoms with Crippen molar-refractivity contribution in [1.82, 2.24) is 4.57 Å². The molecule has 0 bridgehead atoms. The van der Waals surface area contributed by atoms with Gasteiger partial charge >= 0.3 is 20.0 Å².